The van der Waals surface area contributed by atoms with E-state index < -0.39 is 0 Å². The van der Waals surface area contributed by atoms with Gasteiger partial charge >= 0.3 is 0 Å². The molecule has 1 N–H and O–H groups in total. The first-order valence-electron chi connectivity index (χ1n) is 5.36. The molecule has 18 heavy (non-hydrogen) atoms. The molecule has 3 nitrogen and oxygen atoms in total. The molecule has 2 aromatic carbocycles. The van der Waals surface area contributed by atoms with Crippen molar-refractivity contribution < 1.29 is 14.6 Å². The van der Waals surface area contributed by atoms with Crippen LogP contribution >= 0.6 is 11.6 Å². The molecule has 4 heteroatoms. The maximum absolute atomic E-state index is 9.40. The van der Waals surface area contributed by atoms with Crippen molar-refractivity contribution >= 4 is 11.6 Å². The zero-order valence-electron chi connectivity index (χ0n) is 10.1. The van der Waals surface area contributed by atoms with E-state index in [1.54, 1.807) is 32.4 Å². The molecule has 2 rings (SSSR count). The van der Waals surface area contributed by atoms with Crippen molar-refractivity contribution in [3.63, 3.8) is 0 Å². The van der Waals surface area contributed by atoms with Gasteiger partial charge in [0.15, 0.2) is 11.5 Å². The molecule has 0 bridgehead atoms. The molecule has 0 radical (unpaired) electrons. The molecule has 0 saturated heterocycles. The van der Waals surface area contributed by atoms with Crippen LogP contribution in [0.3, 0.4) is 0 Å². The third-order valence-electron chi connectivity index (χ3n) is 2.66. The predicted octanol–water partition coefficient (Wildman–Crippen LogP) is 3.73. The average molecular weight is 265 g/mol. The molecule has 2 aromatic rings. The number of rotatable bonds is 3. The highest BCUT2D eigenvalue weighted by Crippen LogP contribution is 2.34. The van der Waals surface area contributed by atoms with Gasteiger partial charge in [-0.2, -0.15) is 0 Å². The minimum Gasteiger partial charge on any atom is -0.506 e. The van der Waals surface area contributed by atoms with E-state index in [-0.39, 0.29) is 5.75 Å². The Kier molecular flexibility index (Phi) is 3.63. The van der Waals surface area contributed by atoms with Crippen LogP contribution in [-0.4, -0.2) is 19.3 Å². The minimum atomic E-state index is 0.0703. The molecule has 0 fully saturated rings. The number of phenols is 1. The molecule has 0 aliphatic heterocycles. The van der Waals surface area contributed by atoms with E-state index in [1.165, 1.54) is 0 Å². The molecule has 0 atom stereocenters. The van der Waals surface area contributed by atoms with Crippen LogP contribution in [0.25, 0.3) is 11.1 Å². The summed E-state index contributed by atoms with van der Waals surface area (Å²) in [5.74, 6) is 1.39. The standard InChI is InChI=1S/C14H13ClO3/c1-17-13-6-4-10(8-14(13)18-2)9-3-5-12(16)11(15)7-9/h3-8,16H,1-2H3. The summed E-state index contributed by atoms with van der Waals surface area (Å²) in [5.41, 5.74) is 1.84. The van der Waals surface area contributed by atoms with Crippen molar-refractivity contribution in [2.24, 2.45) is 0 Å². The maximum atomic E-state index is 9.40. The summed E-state index contributed by atoms with van der Waals surface area (Å²) in [6, 6.07) is 10.7. The van der Waals surface area contributed by atoms with Gasteiger partial charge in [-0.15, -0.1) is 0 Å². The summed E-state index contributed by atoms with van der Waals surface area (Å²) in [5, 5.41) is 9.72. The van der Waals surface area contributed by atoms with Crippen LogP contribution in [0.15, 0.2) is 36.4 Å². The number of benzene rings is 2. The Morgan fingerprint density at radius 3 is 2.11 bits per heavy atom. The van der Waals surface area contributed by atoms with E-state index in [0.29, 0.717) is 16.5 Å². The third kappa shape index (κ3) is 2.36. The van der Waals surface area contributed by atoms with Gasteiger partial charge in [0.2, 0.25) is 0 Å². The van der Waals surface area contributed by atoms with E-state index in [4.69, 9.17) is 21.1 Å². The molecule has 0 heterocycles. The molecule has 0 aliphatic rings. The fraction of sp³-hybridized carbons (Fsp3) is 0.143. The van der Waals surface area contributed by atoms with E-state index >= 15 is 0 Å². The Morgan fingerprint density at radius 2 is 1.50 bits per heavy atom. The number of phenolic OH excluding ortho intramolecular Hbond substituents is 1. The summed E-state index contributed by atoms with van der Waals surface area (Å²) < 4.78 is 10.4. The quantitative estimate of drug-likeness (QED) is 0.918. The highest BCUT2D eigenvalue weighted by molar-refractivity contribution is 6.32. The van der Waals surface area contributed by atoms with Gasteiger partial charge in [0, 0.05) is 0 Å². The number of ether oxygens (including phenoxy) is 2. The van der Waals surface area contributed by atoms with Gasteiger partial charge in [-0.3, -0.25) is 0 Å². The molecule has 0 unspecified atom stereocenters. The Hall–Kier alpha value is -1.87. The van der Waals surface area contributed by atoms with Crippen molar-refractivity contribution in [2.75, 3.05) is 14.2 Å². The lowest BCUT2D eigenvalue weighted by atomic mass is 10.0. The molecular weight excluding hydrogens is 252 g/mol. The second-order valence-electron chi connectivity index (χ2n) is 3.74. The highest BCUT2D eigenvalue weighted by Gasteiger charge is 2.07. The Balaban J connectivity index is 2.47. The fourth-order valence-electron chi connectivity index (χ4n) is 1.70. The van der Waals surface area contributed by atoms with E-state index in [9.17, 15) is 5.11 Å². The van der Waals surface area contributed by atoms with Crippen LogP contribution in [0.5, 0.6) is 17.2 Å². The minimum absolute atomic E-state index is 0.0703. The fourth-order valence-corrected chi connectivity index (χ4v) is 1.88. The lowest BCUT2D eigenvalue weighted by molar-refractivity contribution is 0.355. The molecular formula is C14H13ClO3. The molecule has 0 amide bonds. The van der Waals surface area contributed by atoms with Gasteiger partial charge in [0.05, 0.1) is 19.2 Å². The number of methoxy groups -OCH3 is 2. The first-order chi connectivity index (χ1) is 8.65. The van der Waals surface area contributed by atoms with Gasteiger partial charge in [-0.1, -0.05) is 23.7 Å². The first kappa shape index (κ1) is 12.6. The molecule has 0 saturated carbocycles. The van der Waals surface area contributed by atoms with Gasteiger partial charge in [-0.25, -0.2) is 0 Å². The molecule has 0 aliphatic carbocycles. The van der Waals surface area contributed by atoms with Crippen LogP contribution in [0, 0.1) is 0 Å². The van der Waals surface area contributed by atoms with E-state index in [2.05, 4.69) is 0 Å². The van der Waals surface area contributed by atoms with Crippen molar-refractivity contribution in [3.05, 3.63) is 41.4 Å². The largest absolute Gasteiger partial charge is 0.506 e. The lowest BCUT2D eigenvalue weighted by Crippen LogP contribution is -1.90. The Bertz CT molecular complexity index is 567. The number of hydrogen-bond donors (Lipinski definition) is 1. The number of aromatic hydroxyl groups is 1. The van der Waals surface area contributed by atoms with Crippen LogP contribution in [0.4, 0.5) is 0 Å². The molecule has 0 aromatic heterocycles. The van der Waals surface area contributed by atoms with Crippen LogP contribution in [0.1, 0.15) is 0 Å². The summed E-state index contributed by atoms with van der Waals surface area (Å²) in [6.45, 7) is 0. The monoisotopic (exact) mass is 264 g/mol. The second-order valence-corrected chi connectivity index (χ2v) is 4.14. The number of halogens is 1. The molecule has 0 spiro atoms. The summed E-state index contributed by atoms with van der Waals surface area (Å²) >= 11 is 5.89. The van der Waals surface area contributed by atoms with Crippen molar-refractivity contribution in [1.29, 1.82) is 0 Å². The van der Waals surface area contributed by atoms with Gasteiger partial charge in [-0.05, 0) is 35.4 Å². The normalized spacial score (nSPS) is 10.2. The summed E-state index contributed by atoms with van der Waals surface area (Å²) in [7, 11) is 3.18. The zero-order valence-corrected chi connectivity index (χ0v) is 10.9. The predicted molar refractivity (Wildman–Crippen MR) is 71.7 cm³/mol. The SMILES string of the molecule is COc1ccc(-c2ccc(O)c(Cl)c2)cc1OC. The van der Waals surface area contributed by atoms with Crippen molar-refractivity contribution in [1.82, 2.24) is 0 Å². The molecule has 94 valence electrons. The van der Waals surface area contributed by atoms with E-state index in [1.807, 2.05) is 18.2 Å². The van der Waals surface area contributed by atoms with Gasteiger partial charge in [0.25, 0.3) is 0 Å². The van der Waals surface area contributed by atoms with Gasteiger partial charge in [0.1, 0.15) is 5.75 Å². The smallest absolute Gasteiger partial charge is 0.161 e. The van der Waals surface area contributed by atoms with E-state index in [0.717, 1.165) is 11.1 Å². The first-order valence-corrected chi connectivity index (χ1v) is 5.74. The summed E-state index contributed by atoms with van der Waals surface area (Å²) in [6.07, 6.45) is 0. The van der Waals surface area contributed by atoms with Crippen LogP contribution in [-0.2, 0) is 0 Å². The maximum Gasteiger partial charge on any atom is 0.161 e. The van der Waals surface area contributed by atoms with Gasteiger partial charge < -0.3 is 14.6 Å². The summed E-state index contributed by atoms with van der Waals surface area (Å²) in [4.78, 5) is 0. The lowest BCUT2D eigenvalue weighted by Gasteiger charge is -2.10. The number of hydrogen-bond acceptors (Lipinski definition) is 3. The van der Waals surface area contributed by atoms with Crippen molar-refractivity contribution in [2.45, 2.75) is 0 Å². The topological polar surface area (TPSA) is 38.7 Å². The average Bonchev–Trinajstić information content (AvgIpc) is 2.41. The highest BCUT2D eigenvalue weighted by atomic mass is 35.5. The van der Waals surface area contributed by atoms with Crippen molar-refractivity contribution in [3.8, 4) is 28.4 Å². The van der Waals surface area contributed by atoms with Crippen LogP contribution in [0.2, 0.25) is 5.02 Å². The zero-order chi connectivity index (χ0) is 13.1. The van der Waals surface area contributed by atoms with Crippen LogP contribution < -0.4 is 9.47 Å². The second kappa shape index (κ2) is 5.19. The third-order valence-corrected chi connectivity index (χ3v) is 2.97. The Labute approximate surface area is 111 Å². The Morgan fingerprint density at radius 1 is 0.889 bits per heavy atom.